The van der Waals surface area contributed by atoms with Crippen LogP contribution in [-0.2, 0) is 48.1 Å². The number of sulfone groups is 1. The quantitative estimate of drug-likeness (QED) is 0.101. The summed E-state index contributed by atoms with van der Waals surface area (Å²) in [5.74, 6) is -6.84. The SMILES string of the molecule is COCCOCCCC(=O)CCC(NC(=O)CCC(CC(=O)CCCS(=O)(=O)CC(=O)CCCC1=NN=NC1)C(=O)O)C(=O)O. The summed E-state index contributed by atoms with van der Waals surface area (Å²) in [6.45, 7) is 1.56. The monoisotopic (exact) mass is 660 g/mol. The second kappa shape index (κ2) is 22.1. The minimum atomic E-state index is -3.75. The highest BCUT2D eigenvalue weighted by molar-refractivity contribution is 7.92. The van der Waals surface area contributed by atoms with Crippen molar-refractivity contribution in [3.8, 4) is 0 Å². The molecule has 1 rings (SSSR count). The smallest absolute Gasteiger partial charge is 0.326 e. The molecule has 0 aromatic carbocycles. The molecule has 3 N–H and O–H groups in total. The Morgan fingerprint density at radius 2 is 1.56 bits per heavy atom. The number of ether oxygens (including phenoxy) is 2. The van der Waals surface area contributed by atoms with Crippen LogP contribution in [0.5, 0.6) is 0 Å². The van der Waals surface area contributed by atoms with Gasteiger partial charge in [-0.3, -0.25) is 24.0 Å². The third-order valence-electron chi connectivity index (χ3n) is 6.78. The number of nitrogens with zero attached hydrogens (tertiary/aromatic N) is 3. The van der Waals surface area contributed by atoms with Gasteiger partial charge in [0.25, 0.3) is 0 Å². The molecule has 0 spiro atoms. The minimum Gasteiger partial charge on any atom is -0.481 e. The molecular weight excluding hydrogens is 616 g/mol. The molecule has 0 aromatic heterocycles. The van der Waals surface area contributed by atoms with Crippen molar-refractivity contribution in [3.05, 3.63) is 0 Å². The van der Waals surface area contributed by atoms with E-state index in [1.54, 1.807) is 0 Å². The second-order valence-electron chi connectivity index (χ2n) is 10.7. The Bertz CT molecular complexity index is 1190. The molecular formula is C28H44N4O12S. The summed E-state index contributed by atoms with van der Waals surface area (Å²) < 4.78 is 34.6. The zero-order chi connectivity index (χ0) is 33.7. The molecule has 0 saturated carbocycles. The van der Waals surface area contributed by atoms with Crippen LogP contribution in [0.4, 0.5) is 0 Å². The molecule has 0 fully saturated rings. The number of carbonyl (C=O) groups is 6. The van der Waals surface area contributed by atoms with Crippen LogP contribution in [-0.4, -0.2) is 111 Å². The summed E-state index contributed by atoms with van der Waals surface area (Å²) in [6.07, 6.45) is 0.0714. The zero-order valence-corrected chi connectivity index (χ0v) is 26.4. The van der Waals surface area contributed by atoms with E-state index in [1.807, 2.05) is 0 Å². The molecule has 0 aliphatic carbocycles. The van der Waals surface area contributed by atoms with Crippen LogP contribution in [0.2, 0.25) is 0 Å². The maximum Gasteiger partial charge on any atom is 0.326 e. The van der Waals surface area contributed by atoms with Crippen molar-refractivity contribution in [3.63, 3.8) is 0 Å². The lowest BCUT2D eigenvalue weighted by Gasteiger charge is -2.16. The van der Waals surface area contributed by atoms with Crippen molar-refractivity contribution in [1.82, 2.24) is 5.32 Å². The van der Waals surface area contributed by atoms with E-state index in [1.165, 1.54) is 7.11 Å². The third-order valence-corrected chi connectivity index (χ3v) is 8.45. The van der Waals surface area contributed by atoms with Crippen molar-refractivity contribution < 1.29 is 56.9 Å². The fourth-order valence-electron chi connectivity index (χ4n) is 4.30. The fraction of sp³-hybridized carbons (Fsp3) is 0.750. The standard InChI is InChI=1S/C28H44N4O12S/c1-43-14-15-44-13-3-7-22(33)10-11-25(28(39)40)30-26(36)12-9-20(27(37)38)17-23(34)8-4-16-45(41,42)19-24(35)6-2-5-21-18-29-32-31-21/h20,25H,2-19H2,1H3,(H,30,36)(H,37,38)(H,39,40). The molecule has 1 amide bonds. The van der Waals surface area contributed by atoms with E-state index >= 15 is 0 Å². The first-order chi connectivity index (χ1) is 21.3. The zero-order valence-electron chi connectivity index (χ0n) is 25.6. The van der Waals surface area contributed by atoms with Gasteiger partial charge >= 0.3 is 11.9 Å². The first-order valence-electron chi connectivity index (χ1n) is 14.8. The van der Waals surface area contributed by atoms with Crippen LogP contribution in [0.3, 0.4) is 0 Å². The van der Waals surface area contributed by atoms with Gasteiger partial charge in [0.2, 0.25) is 5.91 Å². The molecule has 2 atom stereocenters. The van der Waals surface area contributed by atoms with E-state index in [4.69, 9.17) is 9.47 Å². The Balaban J connectivity index is 2.36. The summed E-state index contributed by atoms with van der Waals surface area (Å²) >= 11 is 0. The molecule has 0 radical (unpaired) electrons. The van der Waals surface area contributed by atoms with Gasteiger partial charge in [0.1, 0.15) is 35.7 Å². The van der Waals surface area contributed by atoms with Gasteiger partial charge in [0.05, 0.1) is 30.6 Å². The van der Waals surface area contributed by atoms with E-state index < -0.39 is 69.1 Å². The van der Waals surface area contributed by atoms with Gasteiger partial charge in [0, 0.05) is 52.2 Å². The van der Waals surface area contributed by atoms with Crippen LogP contribution in [0.1, 0.15) is 77.0 Å². The van der Waals surface area contributed by atoms with E-state index in [9.17, 15) is 47.4 Å². The van der Waals surface area contributed by atoms with Gasteiger partial charge in [0.15, 0.2) is 9.84 Å². The number of hydrogen-bond donors (Lipinski definition) is 3. The number of Topliss-reactive ketones (excluding diaryl/α,β-unsaturated/α-hetero) is 3. The average molecular weight is 661 g/mol. The van der Waals surface area contributed by atoms with Crippen molar-refractivity contribution >= 4 is 50.7 Å². The number of nitrogens with one attached hydrogen (secondary N) is 1. The van der Waals surface area contributed by atoms with Crippen LogP contribution in [0.25, 0.3) is 0 Å². The van der Waals surface area contributed by atoms with Crippen LogP contribution in [0.15, 0.2) is 15.4 Å². The number of carboxylic acid groups (broad SMARTS) is 2. The number of amides is 1. The number of methoxy groups -OCH3 is 1. The first-order valence-corrected chi connectivity index (χ1v) is 16.6. The molecule has 0 saturated heterocycles. The topological polar surface area (TPSA) is 245 Å². The molecule has 17 heteroatoms. The van der Waals surface area contributed by atoms with Crippen LogP contribution < -0.4 is 5.32 Å². The van der Waals surface area contributed by atoms with Crippen molar-refractivity contribution in [2.75, 3.05) is 45.0 Å². The minimum absolute atomic E-state index is 0.0578. The number of carboxylic acids is 2. The van der Waals surface area contributed by atoms with E-state index in [0.717, 1.165) is 5.71 Å². The maximum absolute atomic E-state index is 12.4. The highest BCUT2D eigenvalue weighted by Crippen LogP contribution is 2.15. The first kappa shape index (κ1) is 39.6. The van der Waals surface area contributed by atoms with Gasteiger partial charge in [-0.15, -0.1) is 5.10 Å². The van der Waals surface area contributed by atoms with E-state index in [0.29, 0.717) is 45.6 Å². The molecule has 1 aliphatic heterocycles. The second-order valence-corrected chi connectivity index (χ2v) is 12.9. The van der Waals surface area contributed by atoms with Gasteiger partial charge in [-0.25, -0.2) is 13.2 Å². The largest absolute Gasteiger partial charge is 0.481 e. The lowest BCUT2D eigenvalue weighted by molar-refractivity contribution is -0.145. The maximum atomic E-state index is 12.4. The molecule has 1 aliphatic rings. The highest BCUT2D eigenvalue weighted by atomic mass is 32.2. The number of carbonyl (C=O) groups excluding carboxylic acids is 4. The Morgan fingerprint density at radius 3 is 2.20 bits per heavy atom. The summed E-state index contributed by atoms with van der Waals surface area (Å²) in [4.78, 5) is 72.0. The molecule has 0 bridgehead atoms. The summed E-state index contributed by atoms with van der Waals surface area (Å²) in [7, 11) is -2.21. The Morgan fingerprint density at radius 1 is 0.844 bits per heavy atom. The van der Waals surface area contributed by atoms with E-state index in [2.05, 4.69) is 20.8 Å². The highest BCUT2D eigenvalue weighted by Gasteiger charge is 2.25. The molecule has 2 unspecified atom stereocenters. The predicted octanol–water partition coefficient (Wildman–Crippen LogP) is 1.54. The molecule has 0 aromatic rings. The number of aliphatic carboxylic acids is 2. The van der Waals surface area contributed by atoms with E-state index in [-0.39, 0.29) is 57.1 Å². The number of ketones is 3. The molecule has 45 heavy (non-hydrogen) atoms. The summed E-state index contributed by atoms with van der Waals surface area (Å²) in [6, 6.07) is -1.34. The molecule has 254 valence electrons. The Kier molecular flexibility index (Phi) is 19.5. The van der Waals surface area contributed by atoms with Gasteiger partial charge in [-0.05, 0) is 43.7 Å². The number of rotatable bonds is 28. The van der Waals surface area contributed by atoms with Crippen LogP contribution in [0, 0.1) is 5.92 Å². The third kappa shape index (κ3) is 19.5. The van der Waals surface area contributed by atoms with Crippen molar-refractivity contribution in [2.24, 2.45) is 21.4 Å². The van der Waals surface area contributed by atoms with Gasteiger partial charge in [-0.2, -0.15) is 5.11 Å². The Labute approximate surface area is 262 Å². The van der Waals surface area contributed by atoms with Gasteiger partial charge < -0.3 is 25.0 Å². The Hall–Kier alpha value is -3.44. The fourth-order valence-corrected chi connectivity index (χ4v) is 5.67. The summed E-state index contributed by atoms with van der Waals surface area (Å²) in [5.41, 5.74) is 0.727. The van der Waals surface area contributed by atoms with Crippen LogP contribution >= 0.6 is 0 Å². The van der Waals surface area contributed by atoms with Crippen molar-refractivity contribution in [1.29, 1.82) is 0 Å². The molecule has 16 nitrogen and oxygen atoms in total. The lowest BCUT2D eigenvalue weighted by Crippen LogP contribution is -2.41. The summed E-state index contributed by atoms with van der Waals surface area (Å²) in [5, 5.41) is 32.1. The normalized spacial score (nSPS) is 14.0. The number of hydrogen-bond acceptors (Lipinski definition) is 13. The van der Waals surface area contributed by atoms with Gasteiger partial charge in [-0.1, -0.05) is 0 Å². The average Bonchev–Trinajstić information content (AvgIpc) is 3.48. The van der Waals surface area contributed by atoms with Crippen molar-refractivity contribution in [2.45, 2.75) is 83.1 Å². The predicted molar refractivity (Wildman–Crippen MR) is 160 cm³/mol. The molecule has 1 heterocycles. The lowest BCUT2D eigenvalue weighted by atomic mass is 9.95.